The van der Waals surface area contributed by atoms with Crippen molar-refractivity contribution in [2.75, 3.05) is 43.5 Å². The highest BCUT2D eigenvalue weighted by molar-refractivity contribution is 5.96. The van der Waals surface area contributed by atoms with Gasteiger partial charge in [0.25, 0.3) is 5.91 Å². The predicted molar refractivity (Wildman–Crippen MR) is 133 cm³/mol. The lowest BCUT2D eigenvalue weighted by Crippen LogP contribution is -2.49. The number of benzene rings is 2. The Balaban J connectivity index is 1.32. The number of hydrogen-bond acceptors (Lipinski definition) is 5. The Morgan fingerprint density at radius 1 is 0.971 bits per heavy atom. The summed E-state index contributed by atoms with van der Waals surface area (Å²) >= 11 is 0. The van der Waals surface area contributed by atoms with Crippen molar-refractivity contribution in [3.63, 3.8) is 0 Å². The van der Waals surface area contributed by atoms with Crippen LogP contribution in [-0.4, -0.2) is 55.0 Å². The quantitative estimate of drug-likeness (QED) is 0.575. The number of rotatable bonds is 7. The number of carbonyl (C=O) groups excluding carboxylic acids is 2. The molecule has 2 heterocycles. The highest BCUT2D eigenvalue weighted by atomic mass is 16.5. The molecule has 0 saturated carbocycles. The van der Waals surface area contributed by atoms with Gasteiger partial charge >= 0.3 is 0 Å². The molecule has 2 aromatic carbocycles. The number of aromatic nitrogens is 1. The number of nitrogens with zero attached hydrogens (tertiary/aromatic N) is 3. The molecule has 0 aliphatic carbocycles. The van der Waals surface area contributed by atoms with Crippen LogP contribution in [0.1, 0.15) is 35.2 Å². The zero-order valence-electron chi connectivity index (χ0n) is 19.6. The largest absolute Gasteiger partial charge is 0.497 e. The minimum absolute atomic E-state index is 0.0252. The highest BCUT2D eigenvalue weighted by Gasteiger charge is 2.23. The summed E-state index contributed by atoms with van der Waals surface area (Å²) in [7, 11) is 1.61. The van der Waals surface area contributed by atoms with Crippen molar-refractivity contribution in [2.24, 2.45) is 0 Å². The number of pyridine rings is 1. The summed E-state index contributed by atoms with van der Waals surface area (Å²) in [6, 6.07) is 20.8. The maximum Gasteiger partial charge on any atom is 0.253 e. The average molecular weight is 459 g/mol. The van der Waals surface area contributed by atoms with Gasteiger partial charge in [0.2, 0.25) is 5.91 Å². The van der Waals surface area contributed by atoms with E-state index in [2.05, 4.69) is 15.2 Å². The zero-order chi connectivity index (χ0) is 23.9. The molecule has 4 rings (SSSR count). The molecular formula is C27H30N4O3. The summed E-state index contributed by atoms with van der Waals surface area (Å²) in [4.78, 5) is 34.1. The van der Waals surface area contributed by atoms with E-state index in [1.54, 1.807) is 37.6 Å². The maximum atomic E-state index is 12.8. The van der Waals surface area contributed by atoms with E-state index in [4.69, 9.17) is 4.74 Å². The Kier molecular flexibility index (Phi) is 7.42. The molecular weight excluding hydrogens is 428 g/mol. The van der Waals surface area contributed by atoms with Gasteiger partial charge in [-0.1, -0.05) is 37.3 Å². The minimum atomic E-state index is -0.197. The summed E-state index contributed by atoms with van der Waals surface area (Å²) in [5, 5.41) is 2.99. The van der Waals surface area contributed by atoms with Crippen molar-refractivity contribution >= 4 is 23.3 Å². The monoisotopic (exact) mass is 458 g/mol. The standard InChI is InChI=1S/C27H30N4O3/c1-3-24(20-7-5-4-6-8-20)26(32)29-22-11-14-25(28-19-22)30-15-17-31(18-16-30)27(33)21-9-12-23(34-2)13-10-21/h4-14,19,24H,3,15-18H2,1-2H3,(H,29,32). The fourth-order valence-electron chi connectivity index (χ4n) is 4.19. The van der Waals surface area contributed by atoms with E-state index in [0.717, 1.165) is 23.6 Å². The second-order valence-corrected chi connectivity index (χ2v) is 8.27. The number of amides is 2. The van der Waals surface area contributed by atoms with Crippen molar-refractivity contribution in [2.45, 2.75) is 19.3 Å². The van der Waals surface area contributed by atoms with Crippen LogP contribution in [-0.2, 0) is 4.79 Å². The summed E-state index contributed by atoms with van der Waals surface area (Å²) in [5.41, 5.74) is 2.35. The number of carbonyl (C=O) groups is 2. The van der Waals surface area contributed by atoms with Gasteiger partial charge in [0.15, 0.2) is 0 Å². The molecule has 7 heteroatoms. The fraction of sp³-hybridized carbons (Fsp3) is 0.296. The number of anilines is 2. The van der Waals surface area contributed by atoms with E-state index in [1.807, 2.05) is 54.3 Å². The molecule has 1 fully saturated rings. The Hall–Kier alpha value is -3.87. The second kappa shape index (κ2) is 10.8. The second-order valence-electron chi connectivity index (χ2n) is 8.27. The lowest BCUT2D eigenvalue weighted by Gasteiger charge is -2.35. The minimum Gasteiger partial charge on any atom is -0.497 e. The molecule has 1 atom stereocenters. The molecule has 1 N–H and O–H groups in total. The van der Waals surface area contributed by atoms with Crippen molar-refractivity contribution in [3.8, 4) is 5.75 Å². The zero-order valence-corrected chi connectivity index (χ0v) is 19.6. The first-order chi connectivity index (χ1) is 16.6. The highest BCUT2D eigenvalue weighted by Crippen LogP contribution is 2.23. The average Bonchev–Trinajstić information content (AvgIpc) is 2.90. The summed E-state index contributed by atoms with van der Waals surface area (Å²) in [5.74, 6) is 1.37. The first-order valence-electron chi connectivity index (χ1n) is 11.6. The van der Waals surface area contributed by atoms with Gasteiger partial charge in [-0.25, -0.2) is 4.98 Å². The van der Waals surface area contributed by atoms with E-state index in [-0.39, 0.29) is 17.7 Å². The number of nitrogens with one attached hydrogen (secondary N) is 1. The Morgan fingerprint density at radius 2 is 1.68 bits per heavy atom. The number of hydrogen-bond donors (Lipinski definition) is 1. The molecule has 1 saturated heterocycles. The Bertz CT molecular complexity index is 1090. The van der Waals surface area contributed by atoms with E-state index >= 15 is 0 Å². The van der Waals surface area contributed by atoms with Gasteiger partial charge in [0.1, 0.15) is 11.6 Å². The smallest absolute Gasteiger partial charge is 0.253 e. The van der Waals surface area contributed by atoms with Crippen LogP contribution in [0.2, 0.25) is 0 Å². The molecule has 0 bridgehead atoms. The Morgan fingerprint density at radius 3 is 2.26 bits per heavy atom. The van der Waals surface area contributed by atoms with E-state index in [0.29, 0.717) is 37.4 Å². The van der Waals surface area contributed by atoms with Crippen molar-refractivity contribution in [1.29, 1.82) is 0 Å². The first kappa shape index (κ1) is 23.3. The van der Waals surface area contributed by atoms with Gasteiger partial charge in [0, 0.05) is 31.7 Å². The molecule has 7 nitrogen and oxygen atoms in total. The lowest BCUT2D eigenvalue weighted by molar-refractivity contribution is -0.117. The van der Waals surface area contributed by atoms with Gasteiger partial charge in [-0.15, -0.1) is 0 Å². The molecule has 0 spiro atoms. The Labute approximate surface area is 200 Å². The lowest BCUT2D eigenvalue weighted by atomic mass is 9.95. The fourth-order valence-corrected chi connectivity index (χ4v) is 4.19. The van der Waals surface area contributed by atoms with Crippen LogP contribution in [0, 0.1) is 0 Å². The van der Waals surface area contributed by atoms with E-state index in [1.165, 1.54) is 0 Å². The molecule has 176 valence electrons. The van der Waals surface area contributed by atoms with Crippen LogP contribution < -0.4 is 15.0 Å². The molecule has 2 amide bonds. The normalized spacial score (nSPS) is 14.4. The molecule has 34 heavy (non-hydrogen) atoms. The molecule has 1 aromatic heterocycles. The van der Waals surface area contributed by atoms with Crippen molar-refractivity contribution in [1.82, 2.24) is 9.88 Å². The molecule has 1 unspecified atom stereocenters. The SMILES string of the molecule is CCC(C(=O)Nc1ccc(N2CCN(C(=O)c3ccc(OC)cc3)CC2)nc1)c1ccccc1. The summed E-state index contributed by atoms with van der Waals surface area (Å²) in [6.07, 6.45) is 2.42. The first-order valence-corrected chi connectivity index (χ1v) is 11.6. The van der Waals surface area contributed by atoms with Crippen LogP contribution in [0.3, 0.4) is 0 Å². The van der Waals surface area contributed by atoms with Gasteiger partial charge in [-0.3, -0.25) is 9.59 Å². The molecule has 1 aliphatic heterocycles. The predicted octanol–water partition coefficient (Wildman–Crippen LogP) is 4.18. The third-order valence-electron chi connectivity index (χ3n) is 6.17. The molecule has 3 aromatic rings. The van der Waals surface area contributed by atoms with Gasteiger partial charge in [0.05, 0.1) is 24.9 Å². The van der Waals surface area contributed by atoms with Crippen LogP contribution in [0.5, 0.6) is 5.75 Å². The topological polar surface area (TPSA) is 74.8 Å². The van der Waals surface area contributed by atoms with Crippen LogP contribution in [0.25, 0.3) is 0 Å². The van der Waals surface area contributed by atoms with Crippen molar-refractivity contribution < 1.29 is 14.3 Å². The molecule has 0 radical (unpaired) electrons. The summed E-state index contributed by atoms with van der Waals surface area (Å²) in [6.45, 7) is 4.66. The van der Waals surface area contributed by atoms with Crippen LogP contribution in [0.4, 0.5) is 11.5 Å². The maximum absolute atomic E-state index is 12.8. The van der Waals surface area contributed by atoms with E-state index < -0.39 is 0 Å². The van der Waals surface area contributed by atoms with Crippen molar-refractivity contribution in [3.05, 3.63) is 84.1 Å². The third-order valence-corrected chi connectivity index (χ3v) is 6.17. The van der Waals surface area contributed by atoms with Crippen LogP contribution >= 0.6 is 0 Å². The molecule has 1 aliphatic rings. The van der Waals surface area contributed by atoms with Gasteiger partial charge < -0.3 is 19.9 Å². The van der Waals surface area contributed by atoms with Gasteiger partial charge in [-0.05, 0) is 48.4 Å². The number of piperazine rings is 1. The van der Waals surface area contributed by atoms with Gasteiger partial charge in [-0.2, -0.15) is 0 Å². The number of ether oxygens (including phenoxy) is 1. The van der Waals surface area contributed by atoms with E-state index in [9.17, 15) is 9.59 Å². The number of methoxy groups -OCH3 is 1. The third kappa shape index (κ3) is 5.36. The summed E-state index contributed by atoms with van der Waals surface area (Å²) < 4.78 is 5.16. The van der Waals surface area contributed by atoms with Crippen LogP contribution in [0.15, 0.2) is 72.9 Å².